The maximum absolute atomic E-state index is 14.0. The summed E-state index contributed by atoms with van der Waals surface area (Å²) in [4.78, 5) is 13.0. The Bertz CT molecular complexity index is 1150. The van der Waals surface area contributed by atoms with Gasteiger partial charge in [-0.05, 0) is 50.8 Å². The van der Waals surface area contributed by atoms with Gasteiger partial charge < -0.3 is 9.84 Å². The Kier molecular flexibility index (Phi) is 8.38. The summed E-state index contributed by atoms with van der Waals surface area (Å²) in [6.07, 6.45) is 12.0. The highest BCUT2D eigenvalue weighted by Gasteiger charge is 2.37. The number of nitrogens with zero attached hydrogens (tertiary/aromatic N) is 2. The summed E-state index contributed by atoms with van der Waals surface area (Å²) in [5.41, 5.74) is 0.549. The molecule has 2 fully saturated rings. The molecule has 0 radical (unpaired) electrons. The average molecular weight is 504 g/mol. The van der Waals surface area contributed by atoms with Crippen LogP contribution in [0.25, 0.3) is 12.2 Å². The van der Waals surface area contributed by atoms with E-state index in [1.807, 2.05) is 0 Å². The third kappa shape index (κ3) is 6.19. The number of carbonyl (C=O) groups excluding carboxylic acids is 1. The van der Waals surface area contributed by atoms with Crippen LogP contribution < -0.4 is 5.32 Å². The second-order valence-corrected chi connectivity index (χ2v) is 11.4. The molecule has 0 bridgehead atoms. The molecule has 1 aliphatic heterocycles. The van der Waals surface area contributed by atoms with E-state index in [1.165, 1.54) is 41.8 Å². The van der Waals surface area contributed by atoms with E-state index in [-0.39, 0.29) is 40.8 Å². The summed E-state index contributed by atoms with van der Waals surface area (Å²) in [6, 6.07) is 6.37. The monoisotopic (exact) mass is 503 g/mol. The minimum Gasteiger partial charge on any atom is -0.355 e. The van der Waals surface area contributed by atoms with E-state index in [2.05, 4.69) is 10.5 Å². The van der Waals surface area contributed by atoms with Crippen molar-refractivity contribution in [1.29, 1.82) is 0 Å². The zero-order chi connectivity index (χ0) is 24.8. The minimum absolute atomic E-state index is 0.0360. The van der Waals surface area contributed by atoms with Crippen LogP contribution in [0.3, 0.4) is 0 Å². The molecule has 1 aromatic heterocycles. The Balaban J connectivity index is 1.48. The van der Waals surface area contributed by atoms with Gasteiger partial charge in [0.25, 0.3) is 0 Å². The summed E-state index contributed by atoms with van der Waals surface area (Å²) < 4.78 is 47.8. The van der Waals surface area contributed by atoms with Crippen molar-refractivity contribution >= 4 is 28.1 Å². The zero-order valence-corrected chi connectivity index (χ0v) is 21.0. The number of piperidine rings is 1. The lowest BCUT2D eigenvalue weighted by Crippen LogP contribution is -2.47. The SMILES string of the molecule is Cc1noc(C=Cc2ccccc2F)c1S(=O)(=O)N1CCCC(C(=O)NC2CCCCCCC2)C1. The third-order valence-corrected chi connectivity index (χ3v) is 8.98. The molecule has 1 N–H and O–H groups in total. The van der Waals surface area contributed by atoms with Gasteiger partial charge in [0.15, 0.2) is 10.7 Å². The first-order chi connectivity index (χ1) is 16.9. The van der Waals surface area contributed by atoms with Gasteiger partial charge in [-0.1, -0.05) is 55.5 Å². The van der Waals surface area contributed by atoms with Gasteiger partial charge in [-0.2, -0.15) is 4.31 Å². The molecular formula is C26H34FN3O4S. The number of hydrogen-bond donors (Lipinski definition) is 1. The topological polar surface area (TPSA) is 92.5 Å². The maximum atomic E-state index is 14.0. The molecule has 4 rings (SSSR count). The van der Waals surface area contributed by atoms with Gasteiger partial charge in [0.1, 0.15) is 11.5 Å². The van der Waals surface area contributed by atoms with Crippen molar-refractivity contribution in [2.75, 3.05) is 13.1 Å². The Morgan fingerprint density at radius 3 is 2.54 bits per heavy atom. The van der Waals surface area contributed by atoms with Crippen molar-refractivity contribution < 1.29 is 22.1 Å². The molecule has 2 aromatic rings. The number of halogens is 1. The molecule has 7 nitrogen and oxygen atoms in total. The highest BCUT2D eigenvalue weighted by Crippen LogP contribution is 2.30. The van der Waals surface area contributed by atoms with Crippen molar-refractivity contribution in [3.05, 3.63) is 47.1 Å². The standard InChI is InChI=1S/C26H34FN3O4S/c1-19-25(24(34-29-19)16-15-20-10-7-8-14-23(20)27)35(32,33)30-17-9-11-21(18-30)26(31)28-22-12-5-3-2-4-6-13-22/h7-8,10,14-16,21-22H,2-6,9,11-13,17-18H2,1H3,(H,28,31). The van der Waals surface area contributed by atoms with Gasteiger partial charge in [-0.15, -0.1) is 0 Å². The molecule has 1 unspecified atom stereocenters. The highest BCUT2D eigenvalue weighted by molar-refractivity contribution is 7.89. The molecular weight excluding hydrogens is 469 g/mol. The van der Waals surface area contributed by atoms with Crippen LogP contribution in [0.15, 0.2) is 33.7 Å². The Morgan fingerprint density at radius 1 is 1.09 bits per heavy atom. The van der Waals surface area contributed by atoms with Gasteiger partial charge in [0.2, 0.25) is 15.9 Å². The Hall–Kier alpha value is -2.52. The number of carbonyl (C=O) groups is 1. The largest absolute Gasteiger partial charge is 0.355 e. The van der Waals surface area contributed by atoms with E-state index in [9.17, 15) is 17.6 Å². The molecule has 2 heterocycles. The predicted molar refractivity (Wildman–Crippen MR) is 132 cm³/mol. The van der Waals surface area contributed by atoms with Gasteiger partial charge in [-0.3, -0.25) is 4.79 Å². The molecule has 35 heavy (non-hydrogen) atoms. The van der Waals surface area contributed by atoms with E-state index in [0.29, 0.717) is 24.9 Å². The van der Waals surface area contributed by atoms with Crippen LogP contribution in [0.2, 0.25) is 0 Å². The van der Waals surface area contributed by atoms with Crippen molar-refractivity contribution in [1.82, 2.24) is 14.8 Å². The summed E-state index contributed by atoms with van der Waals surface area (Å²) in [6.45, 7) is 2.03. The second-order valence-electron chi connectivity index (χ2n) is 9.57. The predicted octanol–water partition coefficient (Wildman–Crippen LogP) is 4.92. The average Bonchev–Trinajstić information content (AvgIpc) is 3.21. The molecule has 190 valence electrons. The van der Waals surface area contributed by atoms with E-state index in [4.69, 9.17) is 4.52 Å². The Labute approximate surface area is 206 Å². The lowest BCUT2D eigenvalue weighted by Gasteiger charge is -2.32. The number of amides is 1. The fourth-order valence-corrected chi connectivity index (χ4v) is 6.77. The lowest BCUT2D eigenvalue weighted by atomic mass is 9.94. The first-order valence-electron chi connectivity index (χ1n) is 12.6. The molecule has 1 saturated heterocycles. The van der Waals surface area contributed by atoms with Crippen LogP contribution >= 0.6 is 0 Å². The van der Waals surface area contributed by atoms with Crippen LogP contribution in [0, 0.1) is 18.7 Å². The number of sulfonamides is 1. The molecule has 1 aromatic carbocycles. The molecule has 1 atom stereocenters. The number of aryl methyl sites for hydroxylation is 1. The summed E-state index contributed by atoms with van der Waals surface area (Å²) in [5.74, 6) is -0.816. The lowest BCUT2D eigenvalue weighted by molar-refractivity contribution is -0.126. The summed E-state index contributed by atoms with van der Waals surface area (Å²) >= 11 is 0. The molecule has 2 aliphatic rings. The van der Waals surface area contributed by atoms with Crippen LogP contribution in [-0.4, -0.2) is 42.9 Å². The zero-order valence-electron chi connectivity index (χ0n) is 20.2. The van der Waals surface area contributed by atoms with Gasteiger partial charge >= 0.3 is 0 Å². The third-order valence-electron chi connectivity index (χ3n) is 6.96. The molecule has 0 spiro atoms. The molecule has 9 heteroatoms. The van der Waals surface area contributed by atoms with E-state index in [1.54, 1.807) is 25.1 Å². The number of aromatic nitrogens is 1. The van der Waals surface area contributed by atoms with Crippen molar-refractivity contribution in [3.8, 4) is 0 Å². The number of benzene rings is 1. The quantitative estimate of drug-likeness (QED) is 0.604. The second kappa shape index (κ2) is 11.5. The number of nitrogens with one attached hydrogen (secondary N) is 1. The summed E-state index contributed by atoms with van der Waals surface area (Å²) in [7, 11) is -3.95. The number of rotatable bonds is 6. The van der Waals surface area contributed by atoms with Crippen molar-refractivity contribution in [2.45, 2.75) is 75.6 Å². The van der Waals surface area contributed by atoms with Crippen LogP contribution in [0.4, 0.5) is 4.39 Å². The maximum Gasteiger partial charge on any atom is 0.248 e. The normalized spacial score (nSPS) is 21.0. The van der Waals surface area contributed by atoms with E-state index in [0.717, 1.165) is 25.7 Å². The molecule has 1 amide bonds. The van der Waals surface area contributed by atoms with Gasteiger partial charge in [-0.25, -0.2) is 12.8 Å². The molecule has 1 aliphatic carbocycles. The van der Waals surface area contributed by atoms with Crippen LogP contribution in [-0.2, 0) is 14.8 Å². The number of hydrogen-bond acceptors (Lipinski definition) is 5. The van der Waals surface area contributed by atoms with Crippen molar-refractivity contribution in [2.24, 2.45) is 5.92 Å². The van der Waals surface area contributed by atoms with Crippen LogP contribution in [0.5, 0.6) is 0 Å². The Morgan fingerprint density at radius 2 is 1.80 bits per heavy atom. The van der Waals surface area contributed by atoms with E-state index >= 15 is 0 Å². The smallest absolute Gasteiger partial charge is 0.248 e. The summed E-state index contributed by atoms with van der Waals surface area (Å²) in [5, 5.41) is 7.05. The minimum atomic E-state index is -3.95. The van der Waals surface area contributed by atoms with Gasteiger partial charge in [0.05, 0.1) is 5.92 Å². The van der Waals surface area contributed by atoms with Gasteiger partial charge in [0, 0.05) is 24.7 Å². The highest BCUT2D eigenvalue weighted by atomic mass is 32.2. The molecule has 1 saturated carbocycles. The van der Waals surface area contributed by atoms with Crippen molar-refractivity contribution in [3.63, 3.8) is 0 Å². The fraction of sp³-hybridized carbons (Fsp3) is 0.538. The van der Waals surface area contributed by atoms with E-state index < -0.39 is 15.8 Å². The fourth-order valence-electron chi connectivity index (χ4n) is 5.00. The first kappa shape index (κ1) is 25.6. The first-order valence-corrected chi connectivity index (χ1v) is 14.0. The van der Waals surface area contributed by atoms with Crippen LogP contribution in [0.1, 0.15) is 74.8 Å².